The van der Waals surface area contributed by atoms with Crippen LogP contribution in [0.2, 0.25) is 0 Å². The van der Waals surface area contributed by atoms with Crippen LogP contribution < -0.4 is 0 Å². The summed E-state index contributed by atoms with van der Waals surface area (Å²) in [6, 6.07) is 0. The molecular weight excluding hydrogens is 178 g/mol. The summed E-state index contributed by atoms with van der Waals surface area (Å²) in [4.78, 5) is 11.8. The smallest absolute Gasteiger partial charge is 0.223 e. The highest BCUT2D eigenvalue weighted by molar-refractivity contribution is 7.93. The molecule has 12 heavy (non-hydrogen) atoms. The van der Waals surface area contributed by atoms with Crippen LogP contribution >= 0.6 is 0 Å². The summed E-state index contributed by atoms with van der Waals surface area (Å²) in [6.07, 6.45) is 0.851. The number of amides is 1. The molecule has 2 rings (SSSR count). The van der Waals surface area contributed by atoms with E-state index in [9.17, 15) is 13.2 Å². The number of sulfone groups is 1. The molecule has 1 amide bonds. The predicted octanol–water partition coefficient (Wildman–Crippen LogP) is -0.247. The first-order chi connectivity index (χ1) is 5.47. The van der Waals surface area contributed by atoms with E-state index in [1.54, 1.807) is 6.92 Å². The highest BCUT2D eigenvalue weighted by atomic mass is 32.2. The summed E-state index contributed by atoms with van der Waals surface area (Å²) in [5, 5.41) is 0. The fourth-order valence-corrected chi connectivity index (χ4v) is 3.79. The van der Waals surface area contributed by atoms with Gasteiger partial charge in [0.25, 0.3) is 0 Å². The Hall–Kier alpha value is -0.580. The fourth-order valence-electron chi connectivity index (χ4n) is 1.99. The summed E-state index contributed by atoms with van der Waals surface area (Å²) >= 11 is 0. The van der Waals surface area contributed by atoms with E-state index in [1.165, 1.54) is 4.90 Å². The summed E-state index contributed by atoms with van der Waals surface area (Å²) < 4.78 is 23.0. The molecule has 0 radical (unpaired) electrons. The van der Waals surface area contributed by atoms with Gasteiger partial charge in [-0.15, -0.1) is 0 Å². The fraction of sp³-hybridized carbons (Fsp3) is 0.857. The third-order valence-corrected chi connectivity index (χ3v) is 5.41. The van der Waals surface area contributed by atoms with Crippen LogP contribution in [0.15, 0.2) is 0 Å². The van der Waals surface area contributed by atoms with Crippen molar-refractivity contribution in [2.45, 2.75) is 24.6 Å². The van der Waals surface area contributed by atoms with Gasteiger partial charge < -0.3 is 4.90 Å². The van der Waals surface area contributed by atoms with Crippen molar-refractivity contribution in [1.29, 1.82) is 0 Å². The van der Waals surface area contributed by atoms with E-state index in [2.05, 4.69) is 0 Å². The van der Waals surface area contributed by atoms with E-state index >= 15 is 0 Å². The van der Waals surface area contributed by atoms with E-state index < -0.39 is 14.7 Å². The normalized spacial score (nSPS) is 38.8. The van der Waals surface area contributed by atoms with Gasteiger partial charge in [0.15, 0.2) is 9.84 Å². The monoisotopic (exact) mass is 189 g/mol. The molecule has 0 aromatic carbocycles. The summed E-state index contributed by atoms with van der Waals surface area (Å²) in [6.45, 7) is 2.04. The second-order valence-electron chi connectivity index (χ2n) is 3.54. The van der Waals surface area contributed by atoms with Crippen molar-refractivity contribution < 1.29 is 13.2 Å². The lowest BCUT2D eigenvalue weighted by atomic mass is 10.2. The van der Waals surface area contributed by atoms with Crippen molar-refractivity contribution in [2.75, 3.05) is 12.3 Å². The van der Waals surface area contributed by atoms with E-state index in [1.807, 2.05) is 0 Å². The molecule has 0 aromatic rings. The molecule has 2 fully saturated rings. The van der Waals surface area contributed by atoms with E-state index in [4.69, 9.17) is 0 Å². The Morgan fingerprint density at radius 3 is 2.75 bits per heavy atom. The van der Waals surface area contributed by atoms with Crippen LogP contribution in [0.25, 0.3) is 0 Å². The quantitative estimate of drug-likeness (QED) is 0.528. The second-order valence-corrected chi connectivity index (χ2v) is 6.06. The predicted molar refractivity (Wildman–Crippen MR) is 43.1 cm³/mol. The van der Waals surface area contributed by atoms with Crippen molar-refractivity contribution in [3.8, 4) is 0 Å². The number of carbonyl (C=O) groups is 1. The molecular formula is C7H11NO3S. The molecule has 5 heteroatoms. The average molecular weight is 189 g/mol. The van der Waals surface area contributed by atoms with Gasteiger partial charge in [-0.05, 0) is 13.3 Å². The maximum absolute atomic E-state index is 11.5. The highest BCUT2D eigenvalue weighted by Crippen LogP contribution is 2.39. The molecule has 2 heterocycles. The lowest BCUT2D eigenvalue weighted by molar-refractivity contribution is -0.128. The lowest BCUT2D eigenvalue weighted by Crippen LogP contribution is -2.41. The first-order valence-corrected chi connectivity index (χ1v) is 5.65. The minimum atomic E-state index is -3.05. The molecule has 0 N–H and O–H groups in total. The first kappa shape index (κ1) is 8.04. The molecule has 0 spiro atoms. The van der Waals surface area contributed by atoms with E-state index in [-0.39, 0.29) is 11.7 Å². The topological polar surface area (TPSA) is 54.5 Å². The molecule has 2 aliphatic rings. The van der Waals surface area contributed by atoms with Crippen molar-refractivity contribution in [3.05, 3.63) is 0 Å². The summed E-state index contributed by atoms with van der Waals surface area (Å²) in [5.41, 5.74) is 0. The minimum Gasteiger partial charge on any atom is -0.322 e. The van der Waals surface area contributed by atoms with E-state index in [0.717, 1.165) is 0 Å². The van der Waals surface area contributed by atoms with Gasteiger partial charge in [0.2, 0.25) is 5.91 Å². The van der Waals surface area contributed by atoms with Gasteiger partial charge in [-0.25, -0.2) is 8.42 Å². The molecule has 1 unspecified atom stereocenters. The largest absolute Gasteiger partial charge is 0.322 e. The first-order valence-electron chi connectivity index (χ1n) is 4.00. The van der Waals surface area contributed by atoms with Crippen molar-refractivity contribution in [3.63, 3.8) is 0 Å². The van der Waals surface area contributed by atoms with Crippen LogP contribution in [0, 0.1) is 0 Å². The Labute approximate surface area is 71.5 Å². The zero-order chi connectivity index (χ0) is 8.98. The van der Waals surface area contributed by atoms with Crippen molar-refractivity contribution in [1.82, 2.24) is 4.90 Å². The summed E-state index contributed by atoms with van der Waals surface area (Å²) in [5.74, 6) is 0.119. The van der Waals surface area contributed by atoms with Crippen LogP contribution in [0.4, 0.5) is 0 Å². The molecule has 0 aliphatic carbocycles. The Bertz CT molecular complexity index is 335. The number of fused-ring (bicyclic) bond motifs is 1. The number of rotatable bonds is 0. The molecule has 0 saturated carbocycles. The van der Waals surface area contributed by atoms with Crippen LogP contribution in [-0.2, 0) is 14.6 Å². The lowest BCUT2D eigenvalue weighted by Gasteiger charge is -2.25. The van der Waals surface area contributed by atoms with Gasteiger partial charge >= 0.3 is 0 Å². The minimum absolute atomic E-state index is 0.0152. The van der Waals surface area contributed by atoms with Crippen molar-refractivity contribution >= 4 is 15.7 Å². The van der Waals surface area contributed by atoms with Gasteiger partial charge in [-0.3, -0.25) is 4.79 Å². The maximum Gasteiger partial charge on any atom is 0.223 e. The Balaban J connectivity index is 2.51. The molecule has 4 nitrogen and oxygen atoms in total. The Morgan fingerprint density at radius 2 is 2.17 bits per heavy atom. The molecule has 2 saturated heterocycles. The third kappa shape index (κ3) is 0.722. The van der Waals surface area contributed by atoms with Gasteiger partial charge in [0.1, 0.15) is 4.87 Å². The molecule has 0 bridgehead atoms. The van der Waals surface area contributed by atoms with Gasteiger partial charge in [-0.2, -0.15) is 0 Å². The number of carbonyl (C=O) groups excluding carboxylic acids is 1. The van der Waals surface area contributed by atoms with Crippen LogP contribution in [0.5, 0.6) is 0 Å². The number of nitrogens with zero attached hydrogens (tertiary/aromatic N) is 1. The second kappa shape index (κ2) is 2.02. The van der Waals surface area contributed by atoms with Crippen molar-refractivity contribution in [2.24, 2.45) is 0 Å². The maximum atomic E-state index is 11.5. The third-order valence-electron chi connectivity index (χ3n) is 2.93. The zero-order valence-electron chi connectivity index (χ0n) is 6.91. The number of hydrogen-bond donors (Lipinski definition) is 0. The van der Waals surface area contributed by atoms with Crippen LogP contribution in [0.1, 0.15) is 19.8 Å². The highest BCUT2D eigenvalue weighted by Gasteiger charge is 2.55. The SMILES string of the molecule is CC12CCC(=O)N1CCS2(=O)=O. The molecule has 0 aromatic heterocycles. The Morgan fingerprint density at radius 1 is 1.50 bits per heavy atom. The molecule has 2 aliphatic heterocycles. The summed E-state index contributed by atoms with van der Waals surface area (Å²) in [7, 11) is -3.05. The van der Waals surface area contributed by atoms with Gasteiger partial charge in [-0.1, -0.05) is 0 Å². The van der Waals surface area contributed by atoms with Gasteiger partial charge in [0, 0.05) is 13.0 Å². The Kier molecular flexibility index (Phi) is 1.35. The van der Waals surface area contributed by atoms with Gasteiger partial charge in [0.05, 0.1) is 5.75 Å². The average Bonchev–Trinajstić information content (AvgIpc) is 2.37. The van der Waals surface area contributed by atoms with Crippen LogP contribution in [0.3, 0.4) is 0 Å². The zero-order valence-corrected chi connectivity index (χ0v) is 7.73. The van der Waals surface area contributed by atoms with E-state index in [0.29, 0.717) is 19.4 Å². The molecule has 1 atom stereocenters. The number of hydrogen-bond acceptors (Lipinski definition) is 3. The van der Waals surface area contributed by atoms with Crippen LogP contribution in [-0.4, -0.2) is 36.4 Å². The standard InChI is InChI=1S/C7H11NO3S/c1-7-3-2-6(9)8(7)4-5-12(7,10)11/h2-5H2,1H3. The molecule has 68 valence electrons.